The maximum absolute atomic E-state index is 13.6. The molecule has 4 bridgehead atoms. The van der Waals surface area contributed by atoms with Crippen LogP contribution in [0, 0.1) is 34.9 Å². The highest BCUT2D eigenvalue weighted by Crippen LogP contribution is 2.60. The van der Waals surface area contributed by atoms with E-state index in [0.717, 1.165) is 47.9 Å². The number of nitrogens with one attached hydrogen (secondary N) is 1. The Hall–Kier alpha value is -2.94. The Bertz CT molecular complexity index is 1380. The highest BCUT2D eigenvalue weighted by molar-refractivity contribution is 7.17. The number of aromatic nitrogens is 3. The van der Waals surface area contributed by atoms with Gasteiger partial charge >= 0.3 is 0 Å². The molecule has 0 radical (unpaired) electrons. The number of fused-ring (bicyclic) bond motifs is 1. The molecule has 4 heterocycles. The maximum Gasteiger partial charge on any atom is 0.274 e. The van der Waals surface area contributed by atoms with Crippen molar-refractivity contribution in [1.29, 1.82) is 0 Å². The molecule has 9 heteroatoms. The molecule has 1 aliphatic heterocycles. The zero-order valence-electron chi connectivity index (χ0n) is 21.5. The van der Waals surface area contributed by atoms with Crippen molar-refractivity contribution in [3.63, 3.8) is 0 Å². The molecule has 3 aromatic rings. The van der Waals surface area contributed by atoms with Gasteiger partial charge in [-0.05, 0) is 86.3 Å². The van der Waals surface area contributed by atoms with Crippen LogP contribution in [0.25, 0.3) is 10.2 Å². The number of halogens is 1. The quantitative estimate of drug-likeness (QED) is 0.423. The lowest BCUT2D eigenvalue weighted by atomic mass is 9.48. The molecule has 4 aliphatic carbocycles. The van der Waals surface area contributed by atoms with E-state index < -0.39 is 5.82 Å². The van der Waals surface area contributed by atoms with E-state index in [2.05, 4.69) is 20.3 Å². The Morgan fingerprint density at radius 2 is 1.84 bits per heavy atom. The zero-order chi connectivity index (χ0) is 26.0. The summed E-state index contributed by atoms with van der Waals surface area (Å²) in [5.41, 5.74) is 1.68. The standard InChI is InChI=1S/C29H32FN5O2S/c1-16(21-8-22(30)13-31-12-21)32-28-33-23-2-3-38-26(23)25(34-28)27(37)35-14-20(15-35)7-24(36)29-9-17-4-18(10-29)6-19(5-17)11-29/h2-3,8,12-13,16-20H,4-7,9-11,14-15H2,1H3,(H,32,33,34)/t16-,17?,18?,19?,29?/m0/s1. The van der Waals surface area contributed by atoms with Gasteiger partial charge < -0.3 is 10.2 Å². The lowest BCUT2D eigenvalue weighted by Gasteiger charge is -2.56. The largest absolute Gasteiger partial charge is 0.348 e. The van der Waals surface area contributed by atoms with Crippen LogP contribution in [0.15, 0.2) is 29.9 Å². The molecule has 0 unspecified atom stereocenters. The molecule has 3 aromatic heterocycles. The number of amides is 1. The first kappa shape index (κ1) is 24.1. The van der Waals surface area contributed by atoms with Crippen LogP contribution < -0.4 is 5.32 Å². The van der Waals surface area contributed by atoms with Crippen LogP contribution in [0.3, 0.4) is 0 Å². The summed E-state index contributed by atoms with van der Waals surface area (Å²) < 4.78 is 14.4. The van der Waals surface area contributed by atoms with E-state index in [4.69, 9.17) is 0 Å². The van der Waals surface area contributed by atoms with Gasteiger partial charge in [0, 0.05) is 37.0 Å². The number of carbonyl (C=O) groups is 2. The predicted molar refractivity (Wildman–Crippen MR) is 143 cm³/mol. The molecular formula is C29H32FN5O2S. The van der Waals surface area contributed by atoms with E-state index in [0.29, 0.717) is 48.0 Å². The second-order valence-corrected chi connectivity index (χ2v) is 13.2. The second kappa shape index (κ2) is 9.07. The average molecular weight is 534 g/mol. The summed E-state index contributed by atoms with van der Waals surface area (Å²) in [6.07, 6.45) is 10.7. The van der Waals surface area contributed by atoms with Crippen LogP contribution >= 0.6 is 11.3 Å². The number of ketones is 1. The van der Waals surface area contributed by atoms with Gasteiger partial charge in [-0.1, -0.05) is 0 Å². The first-order valence-electron chi connectivity index (χ1n) is 13.8. The van der Waals surface area contributed by atoms with Crippen molar-refractivity contribution in [2.75, 3.05) is 18.4 Å². The van der Waals surface area contributed by atoms with Crippen LogP contribution in [0.4, 0.5) is 10.3 Å². The molecule has 8 rings (SSSR count). The molecular weight excluding hydrogens is 501 g/mol. The fraction of sp³-hybridized carbons (Fsp3) is 0.552. The second-order valence-electron chi connectivity index (χ2n) is 12.2. The number of hydrogen-bond acceptors (Lipinski definition) is 7. The highest BCUT2D eigenvalue weighted by Gasteiger charge is 2.54. The number of rotatable bonds is 7. The fourth-order valence-corrected chi connectivity index (χ4v) is 8.77. The summed E-state index contributed by atoms with van der Waals surface area (Å²) >= 11 is 1.45. The summed E-state index contributed by atoms with van der Waals surface area (Å²) in [5, 5.41) is 5.10. The Balaban J connectivity index is 1.03. The van der Waals surface area contributed by atoms with Crippen molar-refractivity contribution in [3.05, 3.63) is 47.0 Å². The average Bonchev–Trinajstić information content (AvgIpc) is 3.33. The van der Waals surface area contributed by atoms with Crippen molar-refractivity contribution in [2.45, 2.75) is 57.9 Å². The number of carbonyl (C=O) groups excluding carboxylic acids is 2. The van der Waals surface area contributed by atoms with E-state index >= 15 is 0 Å². The minimum absolute atomic E-state index is 0.0661. The van der Waals surface area contributed by atoms with Gasteiger partial charge in [-0.2, -0.15) is 0 Å². The minimum atomic E-state index is -0.407. The Morgan fingerprint density at radius 1 is 1.13 bits per heavy atom. The lowest BCUT2D eigenvalue weighted by molar-refractivity contribution is -0.145. The van der Waals surface area contributed by atoms with Gasteiger partial charge in [0.05, 0.1) is 22.5 Å². The van der Waals surface area contributed by atoms with E-state index in [1.54, 1.807) is 6.20 Å². The Morgan fingerprint density at radius 3 is 2.53 bits per heavy atom. The number of hydrogen-bond donors (Lipinski definition) is 1. The summed E-state index contributed by atoms with van der Waals surface area (Å²) in [7, 11) is 0. The van der Waals surface area contributed by atoms with Gasteiger partial charge in [0.1, 0.15) is 11.6 Å². The fourth-order valence-electron chi connectivity index (χ4n) is 7.96. The van der Waals surface area contributed by atoms with Gasteiger partial charge in [-0.15, -0.1) is 11.3 Å². The lowest BCUT2D eigenvalue weighted by Crippen LogP contribution is -2.54. The molecule has 1 N–H and O–H groups in total. The topological polar surface area (TPSA) is 88.1 Å². The number of anilines is 1. The van der Waals surface area contributed by atoms with E-state index in [9.17, 15) is 14.0 Å². The SMILES string of the molecule is C[C@H](Nc1nc(C(=O)N2CC(CC(=O)C34CC5CC(CC(C5)C3)C4)C2)c2sccc2n1)c1cncc(F)c1. The molecule has 7 nitrogen and oxygen atoms in total. The Labute approximate surface area is 225 Å². The number of nitrogens with zero attached hydrogens (tertiary/aromatic N) is 4. The van der Waals surface area contributed by atoms with Crippen LogP contribution in [-0.2, 0) is 4.79 Å². The maximum atomic E-state index is 13.6. The molecule has 1 saturated heterocycles. The summed E-state index contributed by atoms with van der Waals surface area (Å²) in [6.45, 7) is 3.07. The summed E-state index contributed by atoms with van der Waals surface area (Å²) in [6, 6.07) is 3.01. The van der Waals surface area contributed by atoms with Crippen molar-refractivity contribution in [2.24, 2.45) is 29.1 Å². The van der Waals surface area contributed by atoms with Crippen LogP contribution in [0.2, 0.25) is 0 Å². The molecule has 1 amide bonds. The molecule has 38 heavy (non-hydrogen) atoms. The normalized spacial score (nSPS) is 28.9. The number of thiophene rings is 1. The number of Topliss-reactive ketones (excluding diaryl/α,β-unsaturated/α-hetero) is 1. The smallest absolute Gasteiger partial charge is 0.274 e. The number of likely N-dealkylation sites (tertiary alicyclic amines) is 1. The molecule has 5 fully saturated rings. The van der Waals surface area contributed by atoms with E-state index in [1.165, 1.54) is 36.7 Å². The van der Waals surface area contributed by atoms with Gasteiger partial charge in [0.25, 0.3) is 5.91 Å². The molecule has 5 aliphatic rings. The molecule has 0 aromatic carbocycles. The van der Waals surface area contributed by atoms with Crippen LogP contribution in [0.1, 0.15) is 74.0 Å². The third kappa shape index (κ3) is 4.19. The van der Waals surface area contributed by atoms with Gasteiger partial charge in [0.15, 0.2) is 5.69 Å². The van der Waals surface area contributed by atoms with Gasteiger partial charge in [-0.25, -0.2) is 14.4 Å². The molecule has 198 valence electrons. The Kier molecular flexibility index (Phi) is 5.76. The summed E-state index contributed by atoms with van der Waals surface area (Å²) in [5.74, 6) is 2.78. The molecule has 4 saturated carbocycles. The monoisotopic (exact) mass is 533 g/mol. The van der Waals surface area contributed by atoms with Crippen LogP contribution in [-0.4, -0.2) is 44.6 Å². The van der Waals surface area contributed by atoms with Crippen molar-refractivity contribution >= 4 is 39.2 Å². The number of pyridine rings is 1. The third-order valence-electron chi connectivity index (χ3n) is 9.43. The highest BCUT2D eigenvalue weighted by atomic mass is 32.1. The van der Waals surface area contributed by atoms with E-state index in [-0.39, 0.29) is 23.3 Å². The first-order chi connectivity index (χ1) is 18.3. The van der Waals surface area contributed by atoms with Crippen LogP contribution in [0.5, 0.6) is 0 Å². The zero-order valence-corrected chi connectivity index (χ0v) is 22.3. The molecule has 0 spiro atoms. The summed E-state index contributed by atoms with van der Waals surface area (Å²) in [4.78, 5) is 41.9. The molecule has 1 atom stereocenters. The van der Waals surface area contributed by atoms with Gasteiger partial charge in [0.2, 0.25) is 5.95 Å². The van der Waals surface area contributed by atoms with Crippen molar-refractivity contribution in [3.8, 4) is 0 Å². The predicted octanol–water partition coefficient (Wildman–Crippen LogP) is 5.65. The third-order valence-corrected chi connectivity index (χ3v) is 10.3. The first-order valence-corrected chi connectivity index (χ1v) is 14.7. The minimum Gasteiger partial charge on any atom is -0.348 e. The van der Waals surface area contributed by atoms with Crippen molar-refractivity contribution < 1.29 is 14.0 Å². The van der Waals surface area contributed by atoms with Gasteiger partial charge in [-0.3, -0.25) is 14.6 Å². The van der Waals surface area contributed by atoms with Crippen molar-refractivity contribution in [1.82, 2.24) is 19.9 Å². The van der Waals surface area contributed by atoms with E-state index in [1.807, 2.05) is 23.3 Å².